The Labute approximate surface area is 77.6 Å². The lowest BCUT2D eigenvalue weighted by molar-refractivity contribution is 0.642. The Kier molecular flexibility index (Phi) is 1.70. The summed E-state index contributed by atoms with van der Waals surface area (Å²) in [6, 6.07) is 4.78. The lowest BCUT2D eigenvalue weighted by Crippen LogP contribution is -1.81. The van der Waals surface area contributed by atoms with Gasteiger partial charge in [0.15, 0.2) is 0 Å². The lowest BCUT2D eigenvalue weighted by Gasteiger charge is -1.90. The fourth-order valence-electron chi connectivity index (χ4n) is 1.08. The SMILES string of the molecule is Nc1c(Cl)sc2c(F)cccc12. The third-order valence-electron chi connectivity index (χ3n) is 1.66. The molecule has 0 saturated carbocycles. The topological polar surface area (TPSA) is 26.0 Å². The number of hydrogen-bond donors (Lipinski definition) is 1. The van der Waals surface area contributed by atoms with Crippen LogP contribution in [0.1, 0.15) is 0 Å². The van der Waals surface area contributed by atoms with E-state index in [1.165, 1.54) is 17.4 Å². The molecule has 0 saturated heterocycles. The predicted octanol–water partition coefficient (Wildman–Crippen LogP) is 3.28. The number of halogens is 2. The lowest BCUT2D eigenvalue weighted by atomic mass is 10.2. The molecule has 62 valence electrons. The molecule has 0 spiro atoms. The van der Waals surface area contributed by atoms with Crippen LogP contribution < -0.4 is 5.73 Å². The Morgan fingerprint density at radius 3 is 2.83 bits per heavy atom. The maximum absolute atomic E-state index is 13.1. The summed E-state index contributed by atoms with van der Waals surface area (Å²) in [7, 11) is 0. The van der Waals surface area contributed by atoms with Gasteiger partial charge in [0.05, 0.1) is 10.4 Å². The molecule has 12 heavy (non-hydrogen) atoms. The van der Waals surface area contributed by atoms with E-state index in [-0.39, 0.29) is 5.82 Å². The predicted molar refractivity (Wildman–Crippen MR) is 51.2 cm³/mol. The first-order valence-electron chi connectivity index (χ1n) is 3.32. The molecule has 0 aliphatic carbocycles. The fourth-order valence-corrected chi connectivity index (χ4v) is 2.26. The van der Waals surface area contributed by atoms with Crippen LogP contribution >= 0.6 is 22.9 Å². The molecule has 0 unspecified atom stereocenters. The number of fused-ring (bicyclic) bond motifs is 1. The standard InChI is InChI=1S/C8H5ClFNS/c9-8-6(11)4-2-1-3-5(10)7(4)12-8/h1-3H,11H2. The van der Waals surface area contributed by atoms with Gasteiger partial charge in [-0.1, -0.05) is 23.7 Å². The summed E-state index contributed by atoms with van der Waals surface area (Å²) in [5.74, 6) is -0.267. The first-order valence-corrected chi connectivity index (χ1v) is 4.51. The van der Waals surface area contributed by atoms with Crippen molar-refractivity contribution < 1.29 is 4.39 Å². The van der Waals surface area contributed by atoms with Crippen LogP contribution in [0, 0.1) is 5.82 Å². The van der Waals surface area contributed by atoms with Gasteiger partial charge in [-0.15, -0.1) is 11.3 Å². The summed E-state index contributed by atoms with van der Waals surface area (Å²) in [6.07, 6.45) is 0. The Balaban J connectivity index is 2.95. The van der Waals surface area contributed by atoms with Crippen molar-refractivity contribution in [1.29, 1.82) is 0 Å². The van der Waals surface area contributed by atoms with Gasteiger partial charge in [-0.2, -0.15) is 0 Å². The van der Waals surface area contributed by atoms with Crippen molar-refractivity contribution in [3.63, 3.8) is 0 Å². The van der Waals surface area contributed by atoms with Crippen molar-refractivity contribution in [2.45, 2.75) is 0 Å². The summed E-state index contributed by atoms with van der Waals surface area (Å²) in [4.78, 5) is 0. The van der Waals surface area contributed by atoms with Crippen LogP contribution in [-0.2, 0) is 0 Å². The zero-order valence-corrected chi connectivity index (χ0v) is 7.55. The molecule has 1 aromatic carbocycles. The monoisotopic (exact) mass is 201 g/mol. The highest BCUT2D eigenvalue weighted by molar-refractivity contribution is 7.23. The summed E-state index contributed by atoms with van der Waals surface area (Å²) in [5.41, 5.74) is 6.09. The maximum Gasteiger partial charge on any atom is 0.141 e. The van der Waals surface area contributed by atoms with E-state index >= 15 is 0 Å². The van der Waals surface area contributed by atoms with E-state index in [0.717, 1.165) is 0 Å². The average Bonchev–Trinajstić information content (AvgIpc) is 2.32. The van der Waals surface area contributed by atoms with Crippen molar-refractivity contribution in [1.82, 2.24) is 0 Å². The van der Waals surface area contributed by atoms with Gasteiger partial charge < -0.3 is 5.73 Å². The molecular weight excluding hydrogens is 197 g/mol. The third kappa shape index (κ3) is 0.974. The summed E-state index contributed by atoms with van der Waals surface area (Å²) < 4.78 is 14.1. The van der Waals surface area contributed by atoms with E-state index in [1.54, 1.807) is 12.1 Å². The first-order chi connectivity index (χ1) is 5.70. The molecule has 2 aromatic rings. The molecule has 2 N–H and O–H groups in total. The van der Waals surface area contributed by atoms with Crippen molar-refractivity contribution in [3.05, 3.63) is 28.4 Å². The van der Waals surface area contributed by atoms with Crippen LogP contribution in [0.25, 0.3) is 10.1 Å². The van der Waals surface area contributed by atoms with E-state index in [0.29, 0.717) is 20.1 Å². The molecule has 2 rings (SSSR count). The third-order valence-corrected chi connectivity index (χ3v) is 3.11. The highest BCUT2D eigenvalue weighted by Gasteiger charge is 2.09. The molecule has 0 amide bonds. The van der Waals surface area contributed by atoms with Gasteiger partial charge in [-0.25, -0.2) is 4.39 Å². The molecule has 4 heteroatoms. The molecule has 0 radical (unpaired) electrons. The van der Waals surface area contributed by atoms with Crippen LogP contribution in [0.3, 0.4) is 0 Å². The molecule has 0 atom stereocenters. The minimum Gasteiger partial charge on any atom is -0.396 e. The van der Waals surface area contributed by atoms with Crippen LogP contribution in [0.2, 0.25) is 4.34 Å². The van der Waals surface area contributed by atoms with Gasteiger partial charge in [-0.05, 0) is 6.07 Å². The number of hydrogen-bond acceptors (Lipinski definition) is 2. The van der Waals surface area contributed by atoms with Crippen LogP contribution in [0.5, 0.6) is 0 Å². The molecule has 0 bridgehead atoms. The zero-order valence-electron chi connectivity index (χ0n) is 5.97. The molecule has 1 nitrogen and oxygen atoms in total. The van der Waals surface area contributed by atoms with Crippen molar-refractivity contribution in [2.24, 2.45) is 0 Å². The van der Waals surface area contributed by atoms with Gasteiger partial charge in [0.1, 0.15) is 10.2 Å². The second-order valence-electron chi connectivity index (χ2n) is 2.41. The summed E-state index contributed by atoms with van der Waals surface area (Å²) in [6.45, 7) is 0. The Bertz CT molecular complexity index is 438. The van der Waals surface area contributed by atoms with E-state index in [1.807, 2.05) is 0 Å². The fraction of sp³-hybridized carbons (Fsp3) is 0. The van der Waals surface area contributed by atoms with Gasteiger partial charge in [-0.3, -0.25) is 0 Å². The van der Waals surface area contributed by atoms with Crippen LogP contribution in [0.4, 0.5) is 10.1 Å². The largest absolute Gasteiger partial charge is 0.396 e. The molecule has 1 heterocycles. The summed E-state index contributed by atoms with van der Waals surface area (Å²) in [5, 5.41) is 0.699. The molecule has 0 aliphatic heterocycles. The Hall–Kier alpha value is -0.800. The van der Waals surface area contributed by atoms with E-state index in [9.17, 15) is 4.39 Å². The summed E-state index contributed by atoms with van der Waals surface area (Å²) >= 11 is 6.92. The molecular formula is C8H5ClFNS. The number of anilines is 1. The second kappa shape index (κ2) is 2.61. The minimum absolute atomic E-state index is 0.267. The van der Waals surface area contributed by atoms with Gasteiger partial charge in [0.25, 0.3) is 0 Å². The smallest absolute Gasteiger partial charge is 0.141 e. The first kappa shape index (κ1) is 7.83. The Morgan fingerprint density at radius 2 is 2.17 bits per heavy atom. The normalized spacial score (nSPS) is 10.8. The van der Waals surface area contributed by atoms with Crippen molar-refractivity contribution >= 4 is 38.7 Å². The highest BCUT2D eigenvalue weighted by Crippen LogP contribution is 2.38. The number of benzene rings is 1. The van der Waals surface area contributed by atoms with Crippen LogP contribution in [-0.4, -0.2) is 0 Å². The van der Waals surface area contributed by atoms with Crippen molar-refractivity contribution in [2.75, 3.05) is 5.73 Å². The maximum atomic E-state index is 13.1. The average molecular weight is 202 g/mol. The number of rotatable bonds is 0. The quantitative estimate of drug-likeness (QED) is 0.696. The molecule has 0 fully saturated rings. The van der Waals surface area contributed by atoms with Gasteiger partial charge in [0.2, 0.25) is 0 Å². The van der Waals surface area contributed by atoms with Gasteiger partial charge in [0, 0.05) is 5.39 Å². The second-order valence-corrected chi connectivity index (χ2v) is 4.03. The van der Waals surface area contributed by atoms with E-state index < -0.39 is 0 Å². The van der Waals surface area contributed by atoms with Crippen LogP contribution in [0.15, 0.2) is 18.2 Å². The highest BCUT2D eigenvalue weighted by atomic mass is 35.5. The minimum atomic E-state index is -0.267. The molecule has 0 aliphatic rings. The van der Waals surface area contributed by atoms with E-state index in [4.69, 9.17) is 17.3 Å². The Morgan fingerprint density at radius 1 is 1.42 bits per heavy atom. The van der Waals surface area contributed by atoms with Crippen molar-refractivity contribution in [3.8, 4) is 0 Å². The number of nitrogens with two attached hydrogens (primary N) is 1. The van der Waals surface area contributed by atoms with Gasteiger partial charge >= 0.3 is 0 Å². The molecule has 1 aromatic heterocycles. The number of thiophene rings is 1. The number of nitrogen functional groups attached to an aromatic ring is 1. The zero-order chi connectivity index (χ0) is 8.72. The van der Waals surface area contributed by atoms with E-state index in [2.05, 4.69) is 0 Å².